The van der Waals surface area contributed by atoms with Crippen LogP contribution >= 0.6 is 0 Å². The first-order valence-corrected chi connectivity index (χ1v) is 13.4. The molecule has 0 spiro atoms. The normalized spacial score (nSPS) is 11.1. The predicted octanol–water partition coefficient (Wildman–Crippen LogP) is 4.63. The van der Waals surface area contributed by atoms with Crippen LogP contribution in [-0.4, -0.2) is 0 Å². The Morgan fingerprint density at radius 3 is 1.36 bits per heavy atom. The maximum absolute atomic E-state index is 8.49. The number of hydrogen-bond acceptors (Lipinski definition) is 4. The Kier molecular flexibility index (Phi) is 7.79. The molecule has 0 aliphatic carbocycles. The van der Waals surface area contributed by atoms with Gasteiger partial charge in [-0.15, -0.1) is 10.2 Å². The van der Waals surface area contributed by atoms with Crippen LogP contribution in [0, 0.1) is 10.2 Å². The van der Waals surface area contributed by atoms with Crippen molar-refractivity contribution in [3.8, 4) is 44.7 Å². The number of benzene rings is 5. The summed E-state index contributed by atoms with van der Waals surface area (Å²) in [5, 5.41) is 1.11. The summed E-state index contributed by atoms with van der Waals surface area (Å²) < 4.78 is 40.4. The first-order chi connectivity index (χ1) is 18.8. The van der Waals surface area contributed by atoms with Gasteiger partial charge in [-0.3, -0.25) is 0 Å². The summed E-state index contributed by atoms with van der Waals surface area (Å²) in [6.45, 7) is 0. The van der Waals surface area contributed by atoms with Crippen LogP contribution in [0.25, 0.3) is 55.7 Å². The lowest BCUT2D eigenvalue weighted by atomic mass is 9.96. The molecule has 6 heteroatoms. The fraction of sp³-hybridized carbons (Fsp3) is 0. The Morgan fingerprint density at radius 1 is 0.410 bits per heavy atom. The highest BCUT2D eigenvalue weighted by molar-refractivity contribution is 5.97. The Labute approximate surface area is 228 Å². The van der Waals surface area contributed by atoms with Crippen LogP contribution in [0.4, 0.5) is 0 Å². The van der Waals surface area contributed by atoms with Crippen LogP contribution in [0.2, 0.25) is 0 Å². The zero-order valence-electron chi connectivity index (χ0n) is 20.7. The van der Waals surface area contributed by atoms with Crippen molar-refractivity contribution in [2.24, 2.45) is 0 Å². The van der Waals surface area contributed by atoms with Crippen molar-refractivity contribution in [1.82, 2.24) is 0 Å². The molecule has 0 radical (unpaired) electrons. The third-order valence-electron chi connectivity index (χ3n) is 6.23. The van der Waals surface area contributed by atoms with Gasteiger partial charge in [-0.1, -0.05) is 103 Å². The van der Waals surface area contributed by atoms with E-state index in [4.69, 9.17) is 23.1 Å². The molecular weight excluding hydrogens is 512 g/mol. The highest BCUT2D eigenvalue weighted by atomic mass is 35.7. The zero-order chi connectivity index (χ0) is 27.2. The molecule has 0 saturated heterocycles. The fourth-order valence-electron chi connectivity index (χ4n) is 4.45. The lowest BCUT2D eigenvalue weighted by molar-refractivity contribution is -2.00. The third kappa shape index (κ3) is 6.75. The van der Waals surface area contributed by atoms with Crippen molar-refractivity contribution < 1.29 is 33.3 Å². The second-order valence-electron chi connectivity index (χ2n) is 8.79. The average molecular weight is 535 g/mol. The van der Waals surface area contributed by atoms with Gasteiger partial charge >= 0.3 is 11.3 Å². The number of fused-ring (bicyclic) bond motifs is 1. The lowest BCUT2D eigenvalue weighted by Gasteiger charge is -2.17. The highest BCUT2D eigenvalue weighted by Gasteiger charge is 2.21. The standard InChI is InChI=1S/C33H23O.ClHO4/c1-4-10-24(11-5-1)26-16-18-28(19-17-26)33-23-30(27-14-8-3-9-15-27)31-22-29(20-21-32(31)34-33)25-12-6-2-7-13-25;2-1(3,4)5/h1-23H;(H,2,3,4,5)/q+1;/p-1. The minimum absolute atomic E-state index is 0.860. The molecule has 0 aliphatic heterocycles. The van der Waals surface area contributed by atoms with E-state index in [0.717, 1.165) is 22.3 Å². The monoisotopic (exact) mass is 534 g/mol. The van der Waals surface area contributed by atoms with Crippen molar-refractivity contribution in [3.05, 3.63) is 140 Å². The van der Waals surface area contributed by atoms with Crippen LogP contribution in [0.3, 0.4) is 0 Å². The van der Waals surface area contributed by atoms with Gasteiger partial charge in [0.2, 0.25) is 0 Å². The van der Waals surface area contributed by atoms with Crippen LogP contribution in [0.1, 0.15) is 0 Å². The van der Waals surface area contributed by atoms with E-state index >= 15 is 0 Å². The number of hydrogen-bond donors (Lipinski definition) is 0. The van der Waals surface area contributed by atoms with Crippen molar-refractivity contribution >= 4 is 11.0 Å². The van der Waals surface area contributed by atoms with Crippen LogP contribution in [0.15, 0.2) is 144 Å². The van der Waals surface area contributed by atoms with E-state index in [1.807, 2.05) is 12.1 Å². The number of rotatable bonds is 4. The highest BCUT2D eigenvalue weighted by Crippen LogP contribution is 2.37. The minimum Gasteiger partial charge on any atom is -0.222 e. The molecule has 5 aromatic carbocycles. The Hall–Kier alpha value is -4.36. The fourth-order valence-corrected chi connectivity index (χ4v) is 4.45. The molecule has 192 valence electrons. The molecule has 0 fully saturated rings. The van der Waals surface area contributed by atoms with Crippen molar-refractivity contribution in [1.29, 1.82) is 0 Å². The van der Waals surface area contributed by atoms with Crippen LogP contribution in [0.5, 0.6) is 0 Å². The summed E-state index contributed by atoms with van der Waals surface area (Å²) in [5.41, 5.74) is 9.07. The molecule has 0 atom stereocenters. The lowest BCUT2D eigenvalue weighted by Crippen LogP contribution is -2.68. The first kappa shape index (κ1) is 26.3. The van der Waals surface area contributed by atoms with Gasteiger partial charge in [-0.25, -0.2) is 23.1 Å². The molecular formula is C33H23ClO5. The molecule has 0 saturated carbocycles. The van der Waals surface area contributed by atoms with Crippen molar-refractivity contribution in [2.75, 3.05) is 0 Å². The second kappa shape index (κ2) is 11.6. The van der Waals surface area contributed by atoms with Gasteiger partial charge < -0.3 is 0 Å². The maximum Gasteiger partial charge on any atom is 0.361 e. The third-order valence-corrected chi connectivity index (χ3v) is 6.23. The summed E-state index contributed by atoms with van der Waals surface area (Å²) in [7, 11) is -4.94. The minimum atomic E-state index is -4.94. The quantitative estimate of drug-likeness (QED) is 0.307. The molecule has 0 bridgehead atoms. The van der Waals surface area contributed by atoms with Gasteiger partial charge in [0.25, 0.3) is 0 Å². The molecule has 6 aromatic rings. The molecule has 1 aromatic heterocycles. The summed E-state index contributed by atoms with van der Waals surface area (Å²) >= 11 is 0. The zero-order valence-corrected chi connectivity index (χ0v) is 21.5. The Bertz CT molecular complexity index is 1660. The number of halogens is 1. The van der Waals surface area contributed by atoms with E-state index < -0.39 is 10.2 Å². The SMILES string of the molecule is [O-][Cl+3]([O-])([O-])[O-].c1ccc(-c2ccc(-c3cc(-c4ccccc4)c4cc(-c5ccccc5)ccc4[o+]3)cc2)cc1. The largest absolute Gasteiger partial charge is 0.361 e. The molecule has 5 nitrogen and oxygen atoms in total. The molecule has 0 N–H and O–H groups in total. The van der Waals surface area contributed by atoms with Gasteiger partial charge in [0, 0.05) is 11.6 Å². The maximum atomic E-state index is 8.49. The molecule has 0 unspecified atom stereocenters. The van der Waals surface area contributed by atoms with E-state index in [0.29, 0.717) is 0 Å². The Morgan fingerprint density at radius 2 is 0.821 bits per heavy atom. The van der Waals surface area contributed by atoms with E-state index in [1.54, 1.807) is 0 Å². The molecule has 0 aliphatic rings. The molecule has 0 amide bonds. The first-order valence-electron chi connectivity index (χ1n) is 12.1. The molecule has 1 heterocycles. The summed E-state index contributed by atoms with van der Waals surface area (Å²) in [5.74, 6) is 0.860. The molecule has 6 rings (SSSR count). The van der Waals surface area contributed by atoms with E-state index in [9.17, 15) is 0 Å². The van der Waals surface area contributed by atoms with E-state index in [2.05, 4.69) is 127 Å². The predicted molar refractivity (Wildman–Crippen MR) is 142 cm³/mol. The van der Waals surface area contributed by atoms with Gasteiger partial charge in [-0.2, -0.15) is 0 Å². The average Bonchev–Trinajstić information content (AvgIpc) is 2.97. The van der Waals surface area contributed by atoms with E-state index in [-0.39, 0.29) is 0 Å². The summed E-state index contributed by atoms with van der Waals surface area (Å²) in [4.78, 5) is 0. The second-order valence-corrected chi connectivity index (χ2v) is 9.54. The van der Waals surface area contributed by atoms with Crippen LogP contribution < -0.4 is 18.6 Å². The van der Waals surface area contributed by atoms with Gasteiger partial charge in [0.05, 0.1) is 17.0 Å². The van der Waals surface area contributed by atoms with Gasteiger partial charge in [0.1, 0.15) is 0 Å². The summed E-state index contributed by atoms with van der Waals surface area (Å²) in [6.07, 6.45) is 0. The summed E-state index contributed by atoms with van der Waals surface area (Å²) in [6, 6.07) is 48.7. The topological polar surface area (TPSA) is 104 Å². The van der Waals surface area contributed by atoms with Crippen LogP contribution in [-0.2, 0) is 0 Å². The van der Waals surface area contributed by atoms with Crippen molar-refractivity contribution in [3.63, 3.8) is 0 Å². The van der Waals surface area contributed by atoms with Gasteiger partial charge in [0.15, 0.2) is 0 Å². The smallest absolute Gasteiger partial charge is 0.222 e. The van der Waals surface area contributed by atoms with E-state index in [1.165, 1.54) is 33.4 Å². The van der Waals surface area contributed by atoms with Gasteiger partial charge in [-0.05, 0) is 52.1 Å². The van der Waals surface area contributed by atoms with Crippen molar-refractivity contribution in [2.45, 2.75) is 0 Å². The molecule has 39 heavy (non-hydrogen) atoms. The Balaban J connectivity index is 0.000000567.